The van der Waals surface area contributed by atoms with Gasteiger partial charge in [-0.05, 0) is 42.0 Å². The Bertz CT molecular complexity index is 1350. The molecule has 8 heteroatoms. The second-order valence-corrected chi connectivity index (χ2v) is 8.47. The molecule has 3 aromatic carbocycles. The quantitative estimate of drug-likeness (QED) is 0.266. The summed E-state index contributed by atoms with van der Waals surface area (Å²) in [5.41, 5.74) is 4.17. The van der Waals surface area contributed by atoms with Crippen molar-refractivity contribution in [2.45, 2.75) is 13.5 Å². The number of hydrogen-bond donors (Lipinski definition) is 1. The van der Waals surface area contributed by atoms with Gasteiger partial charge in [-0.15, -0.1) is 11.3 Å². The average Bonchev–Trinajstić information content (AvgIpc) is 3.37. The van der Waals surface area contributed by atoms with Gasteiger partial charge in [-0.2, -0.15) is 0 Å². The summed E-state index contributed by atoms with van der Waals surface area (Å²) >= 11 is 1.56. The van der Waals surface area contributed by atoms with Gasteiger partial charge in [0.2, 0.25) is 0 Å². The van der Waals surface area contributed by atoms with Crippen LogP contribution in [0.3, 0.4) is 0 Å². The fourth-order valence-electron chi connectivity index (χ4n) is 3.45. The lowest BCUT2D eigenvalue weighted by atomic mass is 10.1. The molecule has 35 heavy (non-hydrogen) atoms. The Kier molecular flexibility index (Phi) is 7.42. The van der Waals surface area contributed by atoms with Crippen molar-refractivity contribution in [1.29, 1.82) is 0 Å². The third-order valence-electron chi connectivity index (χ3n) is 5.20. The van der Waals surface area contributed by atoms with Crippen molar-refractivity contribution in [2.75, 3.05) is 14.2 Å². The number of hydrogen-bond acceptors (Lipinski definition) is 7. The van der Waals surface area contributed by atoms with Crippen LogP contribution in [0.4, 0.5) is 0 Å². The minimum absolute atomic E-state index is 0.248. The predicted octanol–water partition coefficient (Wildman–Crippen LogP) is 5.35. The Morgan fingerprint density at radius 2 is 1.66 bits per heavy atom. The van der Waals surface area contributed by atoms with Crippen molar-refractivity contribution < 1.29 is 23.8 Å². The summed E-state index contributed by atoms with van der Waals surface area (Å²) in [5, 5.41) is 5.79. The number of rotatable bonds is 8. The van der Waals surface area contributed by atoms with Gasteiger partial charge in [0.25, 0.3) is 5.91 Å². The number of ether oxygens (including phenoxy) is 3. The van der Waals surface area contributed by atoms with Crippen molar-refractivity contribution in [3.8, 4) is 39.1 Å². The molecule has 0 radical (unpaired) electrons. The van der Waals surface area contributed by atoms with E-state index in [4.69, 9.17) is 19.2 Å². The zero-order valence-corrected chi connectivity index (χ0v) is 20.3. The van der Waals surface area contributed by atoms with E-state index in [9.17, 15) is 9.59 Å². The summed E-state index contributed by atoms with van der Waals surface area (Å²) < 4.78 is 15.7. The van der Waals surface area contributed by atoms with Crippen LogP contribution < -0.4 is 19.5 Å². The molecule has 0 fully saturated rings. The molecule has 0 saturated heterocycles. The van der Waals surface area contributed by atoms with E-state index in [0.717, 1.165) is 27.4 Å². The van der Waals surface area contributed by atoms with Gasteiger partial charge >= 0.3 is 5.97 Å². The predicted molar refractivity (Wildman–Crippen MR) is 135 cm³/mol. The molecule has 0 saturated carbocycles. The lowest BCUT2D eigenvalue weighted by Gasteiger charge is -2.08. The van der Waals surface area contributed by atoms with E-state index in [1.807, 2.05) is 47.8 Å². The molecule has 0 aliphatic rings. The second-order valence-electron chi connectivity index (χ2n) is 7.61. The molecule has 1 heterocycles. The number of methoxy groups -OCH3 is 2. The SMILES string of the molecule is COc1ccc(-c2csc(-c3ccc(CNC(=O)c4cccc(OC(C)=O)c4)cc3)n2)cc1OC. The van der Waals surface area contributed by atoms with Crippen LogP contribution in [0.25, 0.3) is 21.8 Å². The summed E-state index contributed by atoms with van der Waals surface area (Å²) in [6, 6.07) is 20.1. The molecule has 1 N–H and O–H groups in total. The van der Waals surface area contributed by atoms with Crippen LogP contribution in [0.5, 0.6) is 17.2 Å². The summed E-state index contributed by atoms with van der Waals surface area (Å²) in [6.45, 7) is 1.69. The molecule has 0 aliphatic carbocycles. The van der Waals surface area contributed by atoms with Gasteiger partial charge in [-0.1, -0.05) is 30.3 Å². The van der Waals surface area contributed by atoms with Crippen LogP contribution in [0.2, 0.25) is 0 Å². The Balaban J connectivity index is 1.40. The largest absolute Gasteiger partial charge is 0.493 e. The molecule has 0 unspecified atom stereocenters. The normalized spacial score (nSPS) is 10.5. The van der Waals surface area contributed by atoms with Gasteiger partial charge in [0.05, 0.1) is 19.9 Å². The molecule has 4 rings (SSSR count). The van der Waals surface area contributed by atoms with Crippen molar-refractivity contribution >= 4 is 23.2 Å². The number of esters is 1. The monoisotopic (exact) mass is 488 g/mol. The first-order chi connectivity index (χ1) is 17.0. The summed E-state index contributed by atoms with van der Waals surface area (Å²) in [4.78, 5) is 28.4. The highest BCUT2D eigenvalue weighted by Crippen LogP contribution is 2.34. The fraction of sp³-hybridized carbons (Fsp3) is 0.148. The first-order valence-corrected chi connectivity index (χ1v) is 11.7. The van der Waals surface area contributed by atoms with Crippen molar-refractivity contribution in [1.82, 2.24) is 10.3 Å². The molecule has 178 valence electrons. The Morgan fingerprint density at radius 1 is 0.914 bits per heavy atom. The van der Waals surface area contributed by atoms with Crippen LogP contribution in [0.15, 0.2) is 72.1 Å². The van der Waals surface area contributed by atoms with Gasteiger partial charge < -0.3 is 19.5 Å². The standard InChI is InChI=1S/C27H24N2O5S/c1-17(30)34-22-6-4-5-21(13-22)26(31)28-15-18-7-9-19(10-8-18)27-29-23(16-35-27)20-11-12-24(32-2)25(14-20)33-3/h4-14,16H,15H2,1-3H3,(H,28,31). The molecular weight excluding hydrogens is 464 g/mol. The topological polar surface area (TPSA) is 86.8 Å². The minimum atomic E-state index is -0.432. The van der Waals surface area contributed by atoms with E-state index in [0.29, 0.717) is 29.4 Å². The first kappa shape index (κ1) is 24.0. The first-order valence-electron chi connectivity index (χ1n) is 10.8. The number of carbonyl (C=O) groups excluding carboxylic acids is 2. The van der Waals surface area contributed by atoms with Gasteiger partial charge in [0, 0.05) is 35.5 Å². The van der Waals surface area contributed by atoms with Gasteiger partial charge in [0.15, 0.2) is 11.5 Å². The molecule has 0 bridgehead atoms. The Morgan fingerprint density at radius 3 is 2.37 bits per heavy atom. The van der Waals surface area contributed by atoms with E-state index < -0.39 is 5.97 Å². The molecule has 0 spiro atoms. The highest BCUT2D eigenvalue weighted by molar-refractivity contribution is 7.13. The van der Waals surface area contributed by atoms with Crippen LogP contribution in [0.1, 0.15) is 22.8 Å². The van der Waals surface area contributed by atoms with Crippen molar-refractivity contribution in [3.05, 3.63) is 83.2 Å². The van der Waals surface area contributed by atoms with Gasteiger partial charge in [0.1, 0.15) is 10.8 Å². The minimum Gasteiger partial charge on any atom is -0.493 e. The molecule has 7 nitrogen and oxygen atoms in total. The number of nitrogens with zero attached hydrogens (tertiary/aromatic N) is 1. The zero-order chi connectivity index (χ0) is 24.8. The number of benzene rings is 3. The number of nitrogens with one attached hydrogen (secondary N) is 1. The lowest BCUT2D eigenvalue weighted by Crippen LogP contribution is -2.22. The number of thiazole rings is 1. The van der Waals surface area contributed by atoms with E-state index in [1.54, 1.807) is 43.8 Å². The van der Waals surface area contributed by atoms with Crippen LogP contribution in [-0.4, -0.2) is 31.1 Å². The van der Waals surface area contributed by atoms with E-state index >= 15 is 0 Å². The second kappa shape index (κ2) is 10.8. The number of carbonyl (C=O) groups is 2. The summed E-state index contributed by atoms with van der Waals surface area (Å²) in [6.07, 6.45) is 0. The highest BCUT2D eigenvalue weighted by atomic mass is 32.1. The number of amides is 1. The van der Waals surface area contributed by atoms with E-state index in [2.05, 4.69) is 5.32 Å². The highest BCUT2D eigenvalue weighted by Gasteiger charge is 2.11. The van der Waals surface area contributed by atoms with Gasteiger partial charge in [-0.3, -0.25) is 9.59 Å². The average molecular weight is 489 g/mol. The van der Waals surface area contributed by atoms with E-state index in [1.165, 1.54) is 13.0 Å². The van der Waals surface area contributed by atoms with Gasteiger partial charge in [-0.25, -0.2) is 4.98 Å². The maximum atomic E-state index is 12.5. The fourth-order valence-corrected chi connectivity index (χ4v) is 4.29. The van der Waals surface area contributed by atoms with Crippen LogP contribution in [-0.2, 0) is 11.3 Å². The summed E-state index contributed by atoms with van der Waals surface area (Å²) in [7, 11) is 3.22. The third-order valence-corrected chi connectivity index (χ3v) is 6.09. The summed E-state index contributed by atoms with van der Waals surface area (Å²) in [5.74, 6) is 0.988. The van der Waals surface area contributed by atoms with Crippen LogP contribution in [0, 0.1) is 0 Å². The molecule has 1 aromatic heterocycles. The maximum absolute atomic E-state index is 12.5. The van der Waals surface area contributed by atoms with Crippen LogP contribution >= 0.6 is 11.3 Å². The Hall–Kier alpha value is -4.17. The molecule has 0 aliphatic heterocycles. The van der Waals surface area contributed by atoms with Crippen molar-refractivity contribution in [2.24, 2.45) is 0 Å². The number of aromatic nitrogens is 1. The smallest absolute Gasteiger partial charge is 0.308 e. The Labute approximate surface area is 207 Å². The van der Waals surface area contributed by atoms with E-state index in [-0.39, 0.29) is 5.91 Å². The molecule has 4 aromatic rings. The zero-order valence-electron chi connectivity index (χ0n) is 19.5. The molecular formula is C27H24N2O5S. The van der Waals surface area contributed by atoms with Crippen molar-refractivity contribution in [3.63, 3.8) is 0 Å². The third kappa shape index (κ3) is 5.85. The maximum Gasteiger partial charge on any atom is 0.308 e. The lowest BCUT2D eigenvalue weighted by molar-refractivity contribution is -0.131. The molecule has 1 amide bonds. The molecule has 0 atom stereocenters.